The van der Waals surface area contributed by atoms with E-state index in [2.05, 4.69) is 0 Å². The maximum Gasteiger partial charge on any atom is 0.115 e. The van der Waals surface area contributed by atoms with Crippen LogP contribution in [0.3, 0.4) is 0 Å². The minimum Gasteiger partial charge on any atom is -0.508 e. The van der Waals surface area contributed by atoms with Crippen LogP contribution in [0, 0.1) is 0 Å². The molecule has 0 bridgehead atoms. The SMILES string of the molecule is NCC1CCC(CN)c2cc(O)ccc21. The minimum atomic E-state index is 0.324. The highest BCUT2D eigenvalue weighted by Gasteiger charge is 2.25. The third-order valence-corrected chi connectivity index (χ3v) is 3.38. The van der Waals surface area contributed by atoms with Crippen LogP contribution in [0.5, 0.6) is 5.75 Å². The fourth-order valence-corrected chi connectivity index (χ4v) is 2.49. The van der Waals surface area contributed by atoms with Crippen LogP contribution in [0.25, 0.3) is 0 Å². The van der Waals surface area contributed by atoms with Crippen molar-refractivity contribution >= 4 is 0 Å². The summed E-state index contributed by atoms with van der Waals surface area (Å²) in [6, 6.07) is 5.57. The van der Waals surface area contributed by atoms with Gasteiger partial charge in [0.05, 0.1) is 0 Å². The first kappa shape index (κ1) is 10.5. The van der Waals surface area contributed by atoms with Gasteiger partial charge in [-0.1, -0.05) is 6.07 Å². The molecular formula is C12H18N2O. The van der Waals surface area contributed by atoms with E-state index in [1.54, 1.807) is 6.07 Å². The molecule has 1 aliphatic rings. The Labute approximate surface area is 90.1 Å². The van der Waals surface area contributed by atoms with Crippen molar-refractivity contribution in [3.8, 4) is 5.75 Å². The molecule has 1 aliphatic carbocycles. The van der Waals surface area contributed by atoms with Crippen LogP contribution in [0.1, 0.15) is 35.8 Å². The quantitative estimate of drug-likeness (QED) is 0.682. The van der Waals surface area contributed by atoms with Gasteiger partial charge in [0.1, 0.15) is 5.75 Å². The number of phenolic OH excluding ortho intramolecular Hbond substituents is 1. The number of phenols is 1. The maximum absolute atomic E-state index is 9.49. The zero-order chi connectivity index (χ0) is 10.8. The lowest BCUT2D eigenvalue weighted by Crippen LogP contribution is -2.24. The van der Waals surface area contributed by atoms with Gasteiger partial charge in [-0.3, -0.25) is 0 Å². The fourth-order valence-electron chi connectivity index (χ4n) is 2.49. The Balaban J connectivity index is 2.43. The van der Waals surface area contributed by atoms with Crippen molar-refractivity contribution in [2.24, 2.45) is 11.5 Å². The molecular weight excluding hydrogens is 188 g/mol. The van der Waals surface area contributed by atoms with Crippen LogP contribution >= 0.6 is 0 Å². The molecule has 3 heteroatoms. The summed E-state index contributed by atoms with van der Waals surface area (Å²) < 4.78 is 0. The van der Waals surface area contributed by atoms with Gasteiger partial charge in [0.2, 0.25) is 0 Å². The lowest BCUT2D eigenvalue weighted by Gasteiger charge is -2.30. The third-order valence-electron chi connectivity index (χ3n) is 3.38. The summed E-state index contributed by atoms with van der Waals surface area (Å²) in [5, 5.41) is 9.49. The molecule has 2 rings (SSSR count). The highest BCUT2D eigenvalue weighted by molar-refractivity contribution is 5.41. The summed E-state index contributed by atoms with van der Waals surface area (Å²) in [4.78, 5) is 0. The molecule has 0 saturated carbocycles. The van der Waals surface area contributed by atoms with Crippen LogP contribution in [0.2, 0.25) is 0 Å². The number of benzene rings is 1. The van der Waals surface area contributed by atoms with Gasteiger partial charge in [-0.25, -0.2) is 0 Å². The van der Waals surface area contributed by atoms with Gasteiger partial charge in [-0.05, 0) is 61.0 Å². The van der Waals surface area contributed by atoms with Crippen LogP contribution in [-0.4, -0.2) is 18.2 Å². The summed E-state index contributed by atoms with van der Waals surface area (Å²) in [6.07, 6.45) is 2.19. The number of nitrogens with two attached hydrogens (primary N) is 2. The lowest BCUT2D eigenvalue weighted by atomic mass is 9.76. The van der Waals surface area contributed by atoms with Crippen molar-refractivity contribution in [1.82, 2.24) is 0 Å². The Bertz CT molecular complexity index is 351. The number of hydrogen-bond donors (Lipinski definition) is 3. The van der Waals surface area contributed by atoms with E-state index in [0.717, 1.165) is 12.8 Å². The predicted octanol–water partition coefficient (Wildman–Crippen LogP) is 1.27. The van der Waals surface area contributed by atoms with Crippen LogP contribution in [-0.2, 0) is 0 Å². The molecule has 0 radical (unpaired) electrons. The first-order valence-corrected chi connectivity index (χ1v) is 5.49. The first-order valence-electron chi connectivity index (χ1n) is 5.49. The van der Waals surface area contributed by atoms with Crippen molar-refractivity contribution in [2.75, 3.05) is 13.1 Å². The largest absolute Gasteiger partial charge is 0.508 e. The summed E-state index contributed by atoms with van der Waals surface area (Å²) in [7, 11) is 0. The topological polar surface area (TPSA) is 72.3 Å². The average molecular weight is 206 g/mol. The van der Waals surface area contributed by atoms with Crippen LogP contribution in [0.15, 0.2) is 18.2 Å². The normalized spacial score (nSPS) is 24.9. The van der Waals surface area contributed by atoms with Gasteiger partial charge in [0, 0.05) is 0 Å². The second-order valence-electron chi connectivity index (χ2n) is 4.26. The molecule has 2 unspecified atom stereocenters. The summed E-state index contributed by atoms with van der Waals surface area (Å²) >= 11 is 0. The van der Waals surface area contributed by atoms with Crippen LogP contribution in [0.4, 0.5) is 0 Å². The van der Waals surface area contributed by atoms with Gasteiger partial charge in [-0.2, -0.15) is 0 Å². The van der Waals surface area contributed by atoms with Crippen molar-refractivity contribution < 1.29 is 5.11 Å². The Morgan fingerprint density at radius 3 is 2.27 bits per heavy atom. The molecule has 3 nitrogen and oxygen atoms in total. The second kappa shape index (κ2) is 4.21. The second-order valence-corrected chi connectivity index (χ2v) is 4.26. The van der Waals surface area contributed by atoms with E-state index in [1.807, 2.05) is 12.1 Å². The van der Waals surface area contributed by atoms with Gasteiger partial charge < -0.3 is 16.6 Å². The van der Waals surface area contributed by atoms with E-state index in [-0.39, 0.29) is 0 Å². The van der Waals surface area contributed by atoms with E-state index in [9.17, 15) is 5.11 Å². The van der Waals surface area contributed by atoms with Crippen molar-refractivity contribution in [3.63, 3.8) is 0 Å². The molecule has 0 amide bonds. The zero-order valence-corrected chi connectivity index (χ0v) is 8.82. The third kappa shape index (κ3) is 1.85. The molecule has 1 aromatic rings. The van der Waals surface area contributed by atoms with Crippen LogP contribution < -0.4 is 11.5 Å². The Morgan fingerprint density at radius 1 is 1.07 bits per heavy atom. The first-order chi connectivity index (χ1) is 7.26. The number of fused-ring (bicyclic) bond motifs is 1. The summed E-state index contributed by atoms with van der Waals surface area (Å²) in [5.41, 5.74) is 14.0. The maximum atomic E-state index is 9.49. The summed E-state index contributed by atoms with van der Waals surface area (Å²) in [6.45, 7) is 1.32. The smallest absolute Gasteiger partial charge is 0.115 e. The molecule has 0 heterocycles. The van der Waals surface area contributed by atoms with E-state index >= 15 is 0 Å². The molecule has 15 heavy (non-hydrogen) atoms. The predicted molar refractivity (Wildman–Crippen MR) is 60.9 cm³/mol. The summed E-state index contributed by atoms with van der Waals surface area (Å²) in [5.74, 6) is 1.14. The van der Waals surface area contributed by atoms with Gasteiger partial charge in [-0.15, -0.1) is 0 Å². The Hall–Kier alpha value is -1.06. The highest BCUT2D eigenvalue weighted by Crippen LogP contribution is 2.39. The Morgan fingerprint density at radius 2 is 1.67 bits per heavy atom. The number of rotatable bonds is 2. The van der Waals surface area contributed by atoms with Crippen molar-refractivity contribution in [1.29, 1.82) is 0 Å². The molecule has 0 aromatic heterocycles. The molecule has 5 N–H and O–H groups in total. The number of aromatic hydroxyl groups is 1. The fraction of sp³-hybridized carbons (Fsp3) is 0.500. The van der Waals surface area contributed by atoms with Gasteiger partial charge in [0.15, 0.2) is 0 Å². The van der Waals surface area contributed by atoms with E-state index in [1.165, 1.54) is 11.1 Å². The van der Waals surface area contributed by atoms with E-state index < -0.39 is 0 Å². The monoisotopic (exact) mass is 206 g/mol. The van der Waals surface area contributed by atoms with Crippen molar-refractivity contribution in [2.45, 2.75) is 24.7 Å². The average Bonchev–Trinajstić information content (AvgIpc) is 2.27. The molecule has 0 fully saturated rings. The lowest BCUT2D eigenvalue weighted by molar-refractivity contribution is 0.461. The number of hydrogen-bond acceptors (Lipinski definition) is 3. The zero-order valence-electron chi connectivity index (χ0n) is 8.82. The van der Waals surface area contributed by atoms with E-state index in [0.29, 0.717) is 30.7 Å². The molecule has 1 aromatic carbocycles. The van der Waals surface area contributed by atoms with E-state index in [4.69, 9.17) is 11.5 Å². The van der Waals surface area contributed by atoms with Gasteiger partial charge in [0.25, 0.3) is 0 Å². The molecule has 82 valence electrons. The standard InChI is InChI=1S/C12H18N2O/c13-6-8-1-2-9(7-14)12-5-10(15)3-4-11(8)12/h3-5,8-9,15H,1-2,6-7,13-14H2. The van der Waals surface area contributed by atoms with Gasteiger partial charge >= 0.3 is 0 Å². The minimum absolute atomic E-state index is 0.324. The molecule has 0 aliphatic heterocycles. The Kier molecular flexibility index (Phi) is 2.93. The molecule has 0 spiro atoms. The molecule has 2 atom stereocenters. The van der Waals surface area contributed by atoms with Crippen molar-refractivity contribution in [3.05, 3.63) is 29.3 Å². The molecule has 0 saturated heterocycles. The highest BCUT2D eigenvalue weighted by atomic mass is 16.3.